The fourth-order valence-corrected chi connectivity index (χ4v) is 4.67. The lowest BCUT2D eigenvalue weighted by molar-refractivity contribution is 0.183. The van der Waals surface area contributed by atoms with Crippen LogP contribution in [0.15, 0.2) is 76.3 Å². The van der Waals surface area contributed by atoms with Gasteiger partial charge in [0.05, 0.1) is 10.9 Å². The number of benzene rings is 3. The molecule has 4 aromatic rings. The van der Waals surface area contributed by atoms with Gasteiger partial charge in [-0.25, -0.2) is 4.79 Å². The van der Waals surface area contributed by atoms with Crippen LogP contribution in [0, 0.1) is 0 Å². The number of rotatable bonds is 8. The molecular formula is C28H30N4O4. The number of aromatic nitrogens is 2. The summed E-state index contributed by atoms with van der Waals surface area (Å²) < 4.78 is 5.89. The molecule has 1 unspecified atom stereocenters. The van der Waals surface area contributed by atoms with Crippen LogP contribution in [0.3, 0.4) is 0 Å². The molecule has 3 aromatic carbocycles. The van der Waals surface area contributed by atoms with Crippen molar-refractivity contribution in [3.05, 3.63) is 93.1 Å². The van der Waals surface area contributed by atoms with Gasteiger partial charge in [0, 0.05) is 23.4 Å². The molecule has 1 aliphatic heterocycles. The molecule has 8 nitrogen and oxygen atoms in total. The third-order valence-electron chi connectivity index (χ3n) is 6.57. The number of aromatic amines is 2. The fraction of sp³-hybridized carbons (Fsp3) is 0.286. The predicted molar refractivity (Wildman–Crippen MR) is 141 cm³/mol. The molecule has 2 heterocycles. The lowest BCUT2D eigenvalue weighted by Gasteiger charge is -2.26. The van der Waals surface area contributed by atoms with Gasteiger partial charge in [-0.3, -0.25) is 14.7 Å². The highest BCUT2D eigenvalue weighted by Crippen LogP contribution is 2.28. The van der Waals surface area contributed by atoms with Crippen LogP contribution in [0.5, 0.6) is 5.75 Å². The Kier molecular flexibility index (Phi) is 7.16. The maximum atomic E-state index is 12.2. The van der Waals surface area contributed by atoms with Gasteiger partial charge in [-0.2, -0.15) is 0 Å². The number of anilines is 1. The minimum atomic E-state index is -0.919. The third-order valence-corrected chi connectivity index (χ3v) is 6.57. The Morgan fingerprint density at radius 3 is 2.53 bits per heavy atom. The van der Waals surface area contributed by atoms with Crippen molar-refractivity contribution in [2.75, 3.05) is 31.6 Å². The molecular weight excluding hydrogens is 456 g/mol. The Hall–Kier alpha value is -3.88. The summed E-state index contributed by atoms with van der Waals surface area (Å²) in [6.45, 7) is 3.88. The van der Waals surface area contributed by atoms with E-state index in [1.54, 1.807) is 12.1 Å². The number of nitrogens with one attached hydrogen (secondary N) is 3. The molecule has 5 rings (SSSR count). The van der Waals surface area contributed by atoms with E-state index in [4.69, 9.17) is 4.74 Å². The van der Waals surface area contributed by atoms with E-state index in [1.807, 2.05) is 54.6 Å². The molecule has 0 spiro atoms. The van der Waals surface area contributed by atoms with Crippen molar-refractivity contribution >= 4 is 16.6 Å². The van der Waals surface area contributed by atoms with E-state index < -0.39 is 17.5 Å². The molecule has 0 amide bonds. The summed E-state index contributed by atoms with van der Waals surface area (Å²) >= 11 is 0. The maximum Gasteiger partial charge on any atom is 0.326 e. The highest BCUT2D eigenvalue weighted by molar-refractivity contribution is 5.93. The lowest BCUT2D eigenvalue weighted by Crippen LogP contribution is -2.33. The molecule has 36 heavy (non-hydrogen) atoms. The minimum Gasteiger partial charge on any atom is -0.492 e. The first kappa shape index (κ1) is 23.8. The van der Waals surface area contributed by atoms with Crippen molar-refractivity contribution in [2.45, 2.75) is 25.5 Å². The number of H-pyrrole nitrogens is 2. The molecule has 186 valence electrons. The van der Waals surface area contributed by atoms with Crippen LogP contribution in [0.2, 0.25) is 0 Å². The molecule has 1 aliphatic rings. The lowest BCUT2D eigenvalue weighted by atomic mass is 10.0. The van der Waals surface area contributed by atoms with Gasteiger partial charge in [0.1, 0.15) is 12.4 Å². The smallest absolute Gasteiger partial charge is 0.326 e. The number of aliphatic hydroxyl groups excluding tert-OH is 1. The van der Waals surface area contributed by atoms with E-state index in [-0.39, 0.29) is 0 Å². The summed E-state index contributed by atoms with van der Waals surface area (Å²) in [6, 6.07) is 20.2. The van der Waals surface area contributed by atoms with Crippen molar-refractivity contribution in [1.82, 2.24) is 14.9 Å². The zero-order valence-electron chi connectivity index (χ0n) is 20.0. The number of piperidine rings is 1. The molecule has 0 aliphatic carbocycles. The Balaban J connectivity index is 1.25. The van der Waals surface area contributed by atoms with Crippen LogP contribution in [0.1, 0.15) is 31.1 Å². The number of fused-ring (bicyclic) bond motifs is 1. The summed E-state index contributed by atoms with van der Waals surface area (Å²) in [4.78, 5) is 31.4. The van der Waals surface area contributed by atoms with E-state index in [9.17, 15) is 14.7 Å². The Morgan fingerprint density at radius 2 is 1.72 bits per heavy atom. The summed E-state index contributed by atoms with van der Waals surface area (Å²) in [5.41, 5.74) is 2.43. The van der Waals surface area contributed by atoms with Crippen molar-refractivity contribution in [3.63, 3.8) is 0 Å². The molecule has 1 aromatic heterocycles. The Labute approximate surface area is 208 Å². The first-order valence-corrected chi connectivity index (χ1v) is 12.3. The number of aliphatic hydroxyl groups is 1. The minimum absolute atomic E-state index is 0.406. The van der Waals surface area contributed by atoms with Crippen LogP contribution in [-0.2, 0) is 0 Å². The number of hydrogen-bond acceptors (Lipinski definition) is 6. The second-order valence-electron chi connectivity index (χ2n) is 9.08. The van der Waals surface area contributed by atoms with Gasteiger partial charge in [-0.15, -0.1) is 0 Å². The molecule has 0 bridgehead atoms. The summed E-state index contributed by atoms with van der Waals surface area (Å²) in [7, 11) is 0. The predicted octanol–water partition coefficient (Wildman–Crippen LogP) is 3.85. The first-order valence-electron chi connectivity index (χ1n) is 12.3. The molecule has 1 atom stereocenters. The number of ether oxygens (including phenoxy) is 1. The van der Waals surface area contributed by atoms with E-state index in [2.05, 4.69) is 20.2 Å². The summed E-state index contributed by atoms with van der Waals surface area (Å²) in [6.07, 6.45) is 2.94. The van der Waals surface area contributed by atoms with Crippen LogP contribution in [0.4, 0.5) is 5.69 Å². The van der Waals surface area contributed by atoms with Crippen LogP contribution < -0.4 is 21.3 Å². The summed E-state index contributed by atoms with van der Waals surface area (Å²) in [5, 5.41) is 14.3. The average molecular weight is 487 g/mol. The van der Waals surface area contributed by atoms with E-state index in [0.29, 0.717) is 28.8 Å². The van der Waals surface area contributed by atoms with Gasteiger partial charge in [-0.05, 0) is 61.8 Å². The fourth-order valence-electron chi connectivity index (χ4n) is 4.67. The SMILES string of the molecule is O=c1[nH]c(=O)c2cccc(-c3cccc(NC(O)c4ccc(OCCN5CCCCC5)cc4)c3)c2[nH]1. The first-order chi connectivity index (χ1) is 17.6. The van der Waals surface area contributed by atoms with Crippen molar-refractivity contribution in [3.8, 4) is 16.9 Å². The summed E-state index contributed by atoms with van der Waals surface area (Å²) in [5.74, 6) is 0.782. The monoisotopic (exact) mass is 486 g/mol. The molecule has 1 saturated heterocycles. The molecule has 1 fully saturated rings. The quantitative estimate of drug-likeness (QED) is 0.282. The zero-order chi connectivity index (χ0) is 24.9. The number of likely N-dealkylation sites (tertiary alicyclic amines) is 1. The number of nitrogens with zero attached hydrogens (tertiary/aromatic N) is 1. The van der Waals surface area contributed by atoms with Gasteiger partial charge in [0.25, 0.3) is 5.56 Å². The topological polar surface area (TPSA) is 110 Å². The largest absolute Gasteiger partial charge is 0.492 e. The average Bonchev–Trinajstić information content (AvgIpc) is 2.89. The maximum absolute atomic E-state index is 12.2. The highest BCUT2D eigenvalue weighted by Gasteiger charge is 2.12. The van der Waals surface area contributed by atoms with Gasteiger partial charge >= 0.3 is 5.69 Å². The van der Waals surface area contributed by atoms with Gasteiger partial charge < -0.3 is 20.1 Å². The molecule has 8 heteroatoms. The third kappa shape index (κ3) is 5.50. The number of hydrogen-bond donors (Lipinski definition) is 4. The molecule has 0 saturated carbocycles. The normalized spacial score (nSPS) is 15.0. The number of para-hydroxylation sites is 1. The molecule has 4 N–H and O–H groups in total. The van der Waals surface area contributed by atoms with Crippen molar-refractivity contribution in [2.24, 2.45) is 0 Å². The second-order valence-corrected chi connectivity index (χ2v) is 9.08. The Bertz CT molecular complexity index is 1440. The second kappa shape index (κ2) is 10.8. The standard InChI is InChI=1S/C28H30N4O4/c33-26(19-10-12-22(13-11-19)36-17-16-32-14-2-1-3-15-32)29-21-7-4-6-20(18-21)23-8-5-9-24-25(23)30-28(35)31-27(24)34/h4-13,18,26,29,33H,1-3,14-17H2,(H2,30,31,34,35). The van der Waals surface area contributed by atoms with Gasteiger partial charge in [0.2, 0.25) is 0 Å². The molecule has 0 radical (unpaired) electrons. The van der Waals surface area contributed by atoms with Crippen LogP contribution >= 0.6 is 0 Å². The van der Waals surface area contributed by atoms with Crippen molar-refractivity contribution in [1.29, 1.82) is 0 Å². The van der Waals surface area contributed by atoms with E-state index in [0.717, 1.165) is 36.5 Å². The van der Waals surface area contributed by atoms with Crippen LogP contribution in [-0.4, -0.2) is 46.2 Å². The van der Waals surface area contributed by atoms with Crippen molar-refractivity contribution < 1.29 is 9.84 Å². The van der Waals surface area contributed by atoms with Crippen LogP contribution in [0.25, 0.3) is 22.0 Å². The highest BCUT2D eigenvalue weighted by atomic mass is 16.5. The van der Waals surface area contributed by atoms with Gasteiger partial charge in [-0.1, -0.05) is 42.8 Å². The van der Waals surface area contributed by atoms with Gasteiger partial charge in [0.15, 0.2) is 6.23 Å². The zero-order valence-corrected chi connectivity index (χ0v) is 20.0. The van der Waals surface area contributed by atoms with E-state index >= 15 is 0 Å². The van der Waals surface area contributed by atoms with E-state index in [1.165, 1.54) is 19.3 Å². The Morgan fingerprint density at radius 1 is 0.944 bits per heavy atom.